The molecule has 1 saturated heterocycles. The topological polar surface area (TPSA) is 162 Å². The van der Waals surface area contributed by atoms with Crippen molar-refractivity contribution in [2.24, 2.45) is 0 Å². The molecule has 0 amide bonds. The van der Waals surface area contributed by atoms with Crippen molar-refractivity contribution >= 4 is 40.5 Å². The maximum atomic E-state index is 9.66. The third kappa shape index (κ3) is 4.72. The van der Waals surface area contributed by atoms with Gasteiger partial charge in [-0.2, -0.15) is 30.1 Å². The molecule has 1 aliphatic heterocycles. The molecule has 13 heteroatoms. The van der Waals surface area contributed by atoms with Gasteiger partial charge in [0.25, 0.3) is 0 Å². The fourth-order valence-corrected chi connectivity index (χ4v) is 4.52. The van der Waals surface area contributed by atoms with Crippen LogP contribution in [0.15, 0.2) is 18.3 Å². The van der Waals surface area contributed by atoms with Gasteiger partial charge in [-0.15, -0.1) is 0 Å². The number of aromatic nitrogens is 4. The first kappa shape index (κ1) is 24.0. The summed E-state index contributed by atoms with van der Waals surface area (Å²) in [5.74, 6) is 0.696. The molecular weight excluding hydrogens is 484 g/mol. The Bertz CT molecular complexity index is 1350. The highest BCUT2D eigenvalue weighted by molar-refractivity contribution is 6.36. The van der Waals surface area contributed by atoms with Crippen LogP contribution in [0.3, 0.4) is 0 Å². The van der Waals surface area contributed by atoms with Crippen LogP contribution in [-0.2, 0) is 0 Å². The number of hydrogen-bond acceptors (Lipinski definition) is 11. The summed E-state index contributed by atoms with van der Waals surface area (Å²) >= 11 is 6.82. The number of piperazine rings is 1. The number of aliphatic hydroxyl groups excluding tert-OH is 2. The molecule has 0 unspecified atom stereocenters. The molecule has 0 bridgehead atoms. The van der Waals surface area contributed by atoms with Crippen molar-refractivity contribution in [2.45, 2.75) is 24.9 Å². The zero-order chi connectivity index (χ0) is 25.2. The predicted octanol–water partition coefficient (Wildman–Crippen LogP) is 1.31. The molecule has 3 aromatic rings. The van der Waals surface area contributed by atoms with Crippen LogP contribution in [0.4, 0.5) is 23.3 Å². The zero-order valence-corrected chi connectivity index (χ0v) is 20.1. The number of halogens is 1. The Morgan fingerprint density at radius 2 is 1.83 bits per heavy atom. The number of rotatable bonds is 8. The van der Waals surface area contributed by atoms with Crippen molar-refractivity contribution in [3.8, 4) is 12.1 Å². The van der Waals surface area contributed by atoms with E-state index in [-0.39, 0.29) is 25.2 Å². The molecule has 12 nitrogen and oxygen atoms in total. The van der Waals surface area contributed by atoms with Gasteiger partial charge in [0.1, 0.15) is 11.6 Å². The summed E-state index contributed by atoms with van der Waals surface area (Å²) in [5, 5.41) is 49.2. The molecule has 2 fully saturated rings. The minimum Gasteiger partial charge on any atom is -0.395 e. The molecule has 5 rings (SSSR count). The van der Waals surface area contributed by atoms with E-state index in [2.05, 4.69) is 42.7 Å². The summed E-state index contributed by atoms with van der Waals surface area (Å²) in [6, 6.07) is 7.67. The Kier molecular flexibility index (Phi) is 6.76. The molecule has 1 saturated carbocycles. The maximum absolute atomic E-state index is 9.66. The van der Waals surface area contributed by atoms with Gasteiger partial charge in [-0.3, -0.25) is 4.90 Å². The number of nitrogens with one attached hydrogen (secondary N) is 2. The standard InChI is InChI=1S/C23H25ClN10O2/c24-20-18(7-14(9-25)8-19(20)33-5-3-32(4-6-33)17(12-35)13-36)29-22-30-21-15(10-26)11-27-34(21)23(31-22)28-16-1-2-16/h7-8,11,16-17,35-36H,1-6,12-13H2,(H2,28,29,30,31). The van der Waals surface area contributed by atoms with Gasteiger partial charge in [-0.05, 0) is 25.0 Å². The van der Waals surface area contributed by atoms with Crippen LogP contribution >= 0.6 is 11.6 Å². The van der Waals surface area contributed by atoms with Crippen LogP contribution in [0.5, 0.6) is 0 Å². The Morgan fingerprint density at radius 1 is 1.08 bits per heavy atom. The second kappa shape index (κ2) is 10.1. The number of nitrogens with zero attached hydrogens (tertiary/aromatic N) is 8. The van der Waals surface area contributed by atoms with Gasteiger partial charge in [0.05, 0.1) is 53.5 Å². The second-order valence-electron chi connectivity index (χ2n) is 8.83. The van der Waals surface area contributed by atoms with Gasteiger partial charge in [-0.25, -0.2) is 0 Å². The quantitative estimate of drug-likeness (QED) is 0.347. The molecule has 0 atom stereocenters. The van der Waals surface area contributed by atoms with Crippen molar-refractivity contribution in [2.75, 3.05) is 54.9 Å². The summed E-state index contributed by atoms with van der Waals surface area (Å²) in [6.45, 7) is 2.28. The lowest BCUT2D eigenvalue weighted by Crippen LogP contribution is -2.52. The highest BCUT2D eigenvalue weighted by atomic mass is 35.5. The third-order valence-electron chi connectivity index (χ3n) is 6.42. The maximum Gasteiger partial charge on any atom is 0.232 e. The van der Waals surface area contributed by atoms with Crippen LogP contribution in [0.1, 0.15) is 24.0 Å². The lowest BCUT2D eigenvalue weighted by Gasteiger charge is -2.39. The summed E-state index contributed by atoms with van der Waals surface area (Å²) in [6.07, 6.45) is 3.51. The number of nitriles is 2. The highest BCUT2D eigenvalue weighted by Crippen LogP contribution is 2.36. The number of anilines is 4. The number of fused-ring (bicyclic) bond motifs is 1. The molecule has 4 N–H and O–H groups in total. The van der Waals surface area contributed by atoms with Gasteiger partial charge < -0.3 is 25.7 Å². The first-order chi connectivity index (χ1) is 17.5. The van der Waals surface area contributed by atoms with Crippen molar-refractivity contribution in [3.63, 3.8) is 0 Å². The first-order valence-corrected chi connectivity index (χ1v) is 12.1. The van der Waals surface area contributed by atoms with Crippen LogP contribution in [-0.4, -0.2) is 86.2 Å². The van der Waals surface area contributed by atoms with E-state index in [1.54, 1.807) is 12.1 Å². The highest BCUT2D eigenvalue weighted by Gasteiger charge is 2.26. The summed E-state index contributed by atoms with van der Waals surface area (Å²) in [7, 11) is 0. The van der Waals surface area contributed by atoms with E-state index < -0.39 is 0 Å². The number of aliphatic hydroxyl groups is 2. The average molecular weight is 509 g/mol. The summed E-state index contributed by atoms with van der Waals surface area (Å²) in [4.78, 5) is 13.2. The lowest BCUT2D eigenvalue weighted by molar-refractivity contribution is 0.0700. The fraction of sp³-hybridized carbons (Fsp3) is 0.435. The van der Waals surface area contributed by atoms with Gasteiger partial charge in [-0.1, -0.05) is 11.6 Å². The molecule has 0 spiro atoms. The molecular formula is C23H25ClN10O2. The third-order valence-corrected chi connectivity index (χ3v) is 6.82. The minimum atomic E-state index is -0.294. The minimum absolute atomic E-state index is 0.109. The SMILES string of the molecule is N#Cc1cc(Nc2nc(NC3CC3)n3ncc(C#N)c3n2)c(Cl)c(N2CCN(C(CO)CO)CC2)c1. The van der Waals surface area contributed by atoms with Crippen LogP contribution in [0, 0.1) is 22.7 Å². The van der Waals surface area contributed by atoms with Crippen LogP contribution in [0.2, 0.25) is 5.02 Å². The summed E-state index contributed by atoms with van der Waals surface area (Å²) < 4.78 is 1.51. The largest absolute Gasteiger partial charge is 0.395 e. The zero-order valence-electron chi connectivity index (χ0n) is 19.4. The van der Waals surface area contributed by atoms with Crippen LogP contribution < -0.4 is 15.5 Å². The second-order valence-corrected chi connectivity index (χ2v) is 9.21. The van der Waals surface area contributed by atoms with Crippen molar-refractivity contribution in [3.05, 3.63) is 34.5 Å². The first-order valence-electron chi connectivity index (χ1n) is 11.7. The van der Waals surface area contributed by atoms with E-state index >= 15 is 0 Å². The van der Waals surface area contributed by atoms with Gasteiger partial charge >= 0.3 is 0 Å². The summed E-state index contributed by atoms with van der Waals surface area (Å²) in [5.41, 5.74) is 2.27. The molecule has 2 aliphatic rings. The van der Waals surface area contributed by atoms with E-state index in [9.17, 15) is 20.7 Å². The van der Waals surface area contributed by atoms with E-state index in [0.717, 1.165) is 12.8 Å². The monoisotopic (exact) mass is 508 g/mol. The van der Waals surface area contributed by atoms with Crippen molar-refractivity contribution in [1.29, 1.82) is 10.5 Å². The lowest BCUT2D eigenvalue weighted by atomic mass is 10.1. The molecule has 36 heavy (non-hydrogen) atoms. The van der Waals surface area contributed by atoms with Gasteiger partial charge in [0, 0.05) is 32.2 Å². The van der Waals surface area contributed by atoms with E-state index in [0.29, 0.717) is 71.3 Å². The van der Waals surface area contributed by atoms with Crippen molar-refractivity contribution < 1.29 is 10.2 Å². The van der Waals surface area contributed by atoms with Crippen LogP contribution in [0.25, 0.3) is 5.65 Å². The van der Waals surface area contributed by atoms with E-state index in [4.69, 9.17) is 11.6 Å². The normalized spacial score (nSPS) is 16.2. The van der Waals surface area contributed by atoms with Gasteiger partial charge in [0.15, 0.2) is 5.65 Å². The molecule has 3 heterocycles. The van der Waals surface area contributed by atoms with Crippen molar-refractivity contribution in [1.82, 2.24) is 24.5 Å². The smallest absolute Gasteiger partial charge is 0.232 e. The average Bonchev–Trinajstić information content (AvgIpc) is 3.62. The molecule has 0 radical (unpaired) electrons. The Balaban J connectivity index is 1.45. The fourth-order valence-electron chi connectivity index (χ4n) is 4.25. The van der Waals surface area contributed by atoms with E-state index in [1.165, 1.54) is 10.7 Å². The number of hydrogen-bond donors (Lipinski definition) is 4. The predicted molar refractivity (Wildman–Crippen MR) is 133 cm³/mol. The Morgan fingerprint density at radius 3 is 2.47 bits per heavy atom. The molecule has 2 aromatic heterocycles. The molecule has 1 aromatic carbocycles. The van der Waals surface area contributed by atoms with Gasteiger partial charge in [0.2, 0.25) is 11.9 Å². The van der Waals surface area contributed by atoms with E-state index in [1.807, 2.05) is 4.90 Å². The number of benzene rings is 1. The Hall–Kier alpha value is -3.68. The molecule has 1 aliphatic carbocycles. The Labute approximate surface area is 212 Å². The molecule has 186 valence electrons.